The highest BCUT2D eigenvalue weighted by Crippen LogP contribution is 2.25. The summed E-state index contributed by atoms with van der Waals surface area (Å²) in [7, 11) is 0. The lowest BCUT2D eigenvalue weighted by Crippen LogP contribution is -2.18. The number of rotatable bonds is 4. The summed E-state index contributed by atoms with van der Waals surface area (Å²) in [5.41, 5.74) is 1.84. The van der Waals surface area contributed by atoms with Gasteiger partial charge >= 0.3 is 0 Å². The molecule has 2 rings (SSSR count). The molecule has 0 radical (unpaired) electrons. The monoisotopic (exact) mass is 304 g/mol. The average molecular weight is 305 g/mol. The molecule has 2 nitrogen and oxygen atoms in total. The molecule has 0 aliphatic carbocycles. The first-order valence-corrected chi connectivity index (χ1v) is 6.91. The number of hydrogen-bond acceptors (Lipinski definition) is 1. The first-order chi connectivity index (χ1) is 9.66. The van der Waals surface area contributed by atoms with Crippen LogP contribution >= 0.6 is 23.2 Å². The van der Waals surface area contributed by atoms with Gasteiger partial charge in [0.25, 0.3) is 0 Å². The molecule has 0 bridgehead atoms. The maximum Gasteiger partial charge on any atom is 0.102 e. The normalized spacial score (nSPS) is 10.7. The Bertz CT molecular complexity index is 601. The maximum absolute atomic E-state index is 7.87. The van der Waals surface area contributed by atoms with Gasteiger partial charge in [-0.2, -0.15) is 0 Å². The number of nitrogens with one attached hydrogen (secondary N) is 2. The van der Waals surface area contributed by atoms with Crippen molar-refractivity contribution in [3.63, 3.8) is 0 Å². The molecule has 2 aromatic carbocycles. The topological polar surface area (TPSA) is 35.9 Å². The van der Waals surface area contributed by atoms with Crippen LogP contribution < -0.4 is 5.32 Å². The van der Waals surface area contributed by atoms with E-state index in [1.54, 1.807) is 30.5 Å². The fourth-order valence-electron chi connectivity index (χ4n) is 1.75. The second-order valence-electron chi connectivity index (χ2n) is 4.25. The second kappa shape index (κ2) is 7.13. The van der Waals surface area contributed by atoms with Crippen molar-refractivity contribution in [1.82, 2.24) is 5.32 Å². The predicted octanol–water partition coefficient (Wildman–Crippen LogP) is 4.77. The molecular weight excluding hydrogens is 291 g/mol. The molecule has 0 spiro atoms. The van der Waals surface area contributed by atoms with Gasteiger partial charge in [-0.3, -0.25) is 5.41 Å². The van der Waals surface area contributed by atoms with Crippen molar-refractivity contribution in [1.29, 1.82) is 5.41 Å². The standard InChI is InChI=1S/C16H14Cl2N2/c17-14-7-4-8-15(18)13(14)9-10-20-16(19)11-12-5-2-1-3-6-12/h1-10H,11H2,(H2,19,20). The van der Waals surface area contributed by atoms with E-state index in [2.05, 4.69) is 5.32 Å². The first kappa shape index (κ1) is 14.6. The molecule has 0 saturated carbocycles. The smallest absolute Gasteiger partial charge is 0.102 e. The minimum Gasteiger partial charge on any atom is -0.350 e. The molecule has 4 heteroatoms. The number of benzene rings is 2. The van der Waals surface area contributed by atoms with E-state index in [0.29, 0.717) is 22.3 Å². The van der Waals surface area contributed by atoms with Crippen molar-refractivity contribution in [3.8, 4) is 0 Å². The number of hydrogen-bond donors (Lipinski definition) is 2. The molecule has 0 amide bonds. The van der Waals surface area contributed by atoms with Gasteiger partial charge in [0, 0.05) is 28.2 Å². The molecule has 0 aliphatic rings. The van der Waals surface area contributed by atoms with Crippen molar-refractivity contribution in [2.45, 2.75) is 6.42 Å². The minimum absolute atomic E-state index is 0.413. The number of halogens is 2. The SMILES string of the molecule is N=C(Cc1ccccc1)NC=Cc1c(Cl)cccc1Cl. The predicted molar refractivity (Wildman–Crippen MR) is 86.5 cm³/mol. The van der Waals surface area contributed by atoms with Crippen LogP contribution in [0.15, 0.2) is 54.7 Å². The highest BCUT2D eigenvalue weighted by Gasteiger charge is 2.01. The van der Waals surface area contributed by atoms with Crippen LogP contribution in [0.1, 0.15) is 11.1 Å². The van der Waals surface area contributed by atoms with E-state index in [1.807, 2.05) is 30.3 Å². The van der Waals surface area contributed by atoms with E-state index in [4.69, 9.17) is 28.6 Å². The van der Waals surface area contributed by atoms with E-state index < -0.39 is 0 Å². The van der Waals surface area contributed by atoms with Gasteiger partial charge in [0.05, 0.1) is 0 Å². The summed E-state index contributed by atoms with van der Waals surface area (Å²) in [5, 5.41) is 12.0. The minimum atomic E-state index is 0.413. The zero-order valence-electron chi connectivity index (χ0n) is 10.7. The molecule has 0 heterocycles. The third-order valence-electron chi connectivity index (χ3n) is 2.73. The van der Waals surface area contributed by atoms with Crippen LogP contribution in [-0.2, 0) is 6.42 Å². The third-order valence-corrected chi connectivity index (χ3v) is 3.39. The van der Waals surface area contributed by atoms with Gasteiger partial charge in [-0.05, 0) is 23.8 Å². The molecule has 2 aromatic rings. The molecule has 0 atom stereocenters. The van der Waals surface area contributed by atoms with Gasteiger partial charge in [0.2, 0.25) is 0 Å². The van der Waals surface area contributed by atoms with Gasteiger partial charge in [0.15, 0.2) is 0 Å². The molecule has 102 valence electrons. The molecule has 0 aliphatic heterocycles. The van der Waals surface area contributed by atoms with Crippen LogP contribution in [0, 0.1) is 5.41 Å². The van der Waals surface area contributed by atoms with E-state index in [-0.39, 0.29) is 0 Å². The van der Waals surface area contributed by atoms with Gasteiger partial charge in [-0.25, -0.2) is 0 Å². The summed E-state index contributed by atoms with van der Waals surface area (Å²) in [5.74, 6) is 0.413. The highest BCUT2D eigenvalue weighted by atomic mass is 35.5. The van der Waals surface area contributed by atoms with Crippen molar-refractivity contribution in [2.75, 3.05) is 0 Å². The van der Waals surface area contributed by atoms with Crippen molar-refractivity contribution < 1.29 is 0 Å². The fourth-order valence-corrected chi connectivity index (χ4v) is 2.27. The Balaban J connectivity index is 1.95. The van der Waals surface area contributed by atoms with E-state index in [1.165, 1.54) is 0 Å². The first-order valence-electron chi connectivity index (χ1n) is 6.15. The van der Waals surface area contributed by atoms with Crippen LogP contribution in [-0.4, -0.2) is 5.84 Å². The van der Waals surface area contributed by atoms with Crippen molar-refractivity contribution in [3.05, 3.63) is 75.9 Å². The van der Waals surface area contributed by atoms with Crippen molar-refractivity contribution >= 4 is 35.1 Å². The van der Waals surface area contributed by atoms with Crippen molar-refractivity contribution in [2.24, 2.45) is 0 Å². The lowest BCUT2D eigenvalue weighted by molar-refractivity contribution is 1.14. The van der Waals surface area contributed by atoms with Gasteiger partial charge in [-0.1, -0.05) is 59.6 Å². The van der Waals surface area contributed by atoms with Gasteiger partial charge in [0.1, 0.15) is 5.84 Å². The lowest BCUT2D eigenvalue weighted by atomic mass is 10.1. The van der Waals surface area contributed by atoms with E-state index >= 15 is 0 Å². The van der Waals surface area contributed by atoms with Crippen LogP contribution in [0.25, 0.3) is 6.08 Å². The molecular formula is C16H14Cl2N2. The Hall–Kier alpha value is -1.77. The van der Waals surface area contributed by atoms with E-state index in [9.17, 15) is 0 Å². The molecule has 0 saturated heterocycles. The molecule has 0 fully saturated rings. The van der Waals surface area contributed by atoms with E-state index in [0.717, 1.165) is 11.1 Å². The largest absolute Gasteiger partial charge is 0.350 e. The fraction of sp³-hybridized carbons (Fsp3) is 0.0625. The quantitative estimate of drug-likeness (QED) is 0.619. The summed E-state index contributed by atoms with van der Waals surface area (Å²) >= 11 is 12.1. The second-order valence-corrected chi connectivity index (χ2v) is 5.07. The summed E-state index contributed by atoms with van der Waals surface area (Å²) in [4.78, 5) is 0. The Labute approximate surface area is 128 Å². The Morgan fingerprint density at radius 3 is 2.30 bits per heavy atom. The Kier molecular flexibility index (Phi) is 5.22. The van der Waals surface area contributed by atoms with Gasteiger partial charge in [-0.15, -0.1) is 0 Å². The third kappa shape index (κ3) is 4.12. The zero-order chi connectivity index (χ0) is 14.4. The highest BCUT2D eigenvalue weighted by molar-refractivity contribution is 6.37. The summed E-state index contributed by atoms with van der Waals surface area (Å²) in [6.07, 6.45) is 4.00. The van der Waals surface area contributed by atoms with Crippen LogP contribution in [0.4, 0.5) is 0 Å². The summed E-state index contributed by atoms with van der Waals surface area (Å²) in [6.45, 7) is 0. The zero-order valence-corrected chi connectivity index (χ0v) is 12.2. The molecule has 20 heavy (non-hydrogen) atoms. The Morgan fingerprint density at radius 2 is 1.65 bits per heavy atom. The Morgan fingerprint density at radius 1 is 1.00 bits per heavy atom. The van der Waals surface area contributed by atoms with Crippen LogP contribution in [0.2, 0.25) is 10.0 Å². The summed E-state index contributed by atoms with van der Waals surface area (Å²) < 4.78 is 0. The molecule has 0 unspecified atom stereocenters. The molecule has 0 aromatic heterocycles. The maximum atomic E-state index is 7.87. The van der Waals surface area contributed by atoms with Gasteiger partial charge < -0.3 is 5.32 Å². The average Bonchev–Trinajstić information content (AvgIpc) is 2.43. The summed E-state index contributed by atoms with van der Waals surface area (Å²) in [6, 6.07) is 15.2. The number of amidine groups is 1. The van der Waals surface area contributed by atoms with Crippen LogP contribution in [0.3, 0.4) is 0 Å². The van der Waals surface area contributed by atoms with Crippen LogP contribution in [0.5, 0.6) is 0 Å². The molecule has 2 N–H and O–H groups in total. The lowest BCUT2D eigenvalue weighted by Gasteiger charge is -2.04.